The van der Waals surface area contributed by atoms with Crippen molar-refractivity contribution in [3.63, 3.8) is 0 Å². The summed E-state index contributed by atoms with van der Waals surface area (Å²) in [6, 6.07) is 1.54. The van der Waals surface area contributed by atoms with Gasteiger partial charge in [-0.15, -0.1) is 0 Å². The lowest BCUT2D eigenvalue weighted by atomic mass is 10.0. The highest BCUT2D eigenvalue weighted by Crippen LogP contribution is 2.34. The van der Waals surface area contributed by atoms with Gasteiger partial charge in [0.25, 0.3) is 0 Å². The zero-order valence-electron chi connectivity index (χ0n) is 9.75. The highest BCUT2D eigenvalue weighted by Gasteiger charge is 2.32. The molecule has 0 aliphatic carbocycles. The van der Waals surface area contributed by atoms with Gasteiger partial charge in [0.15, 0.2) is 0 Å². The predicted octanol–water partition coefficient (Wildman–Crippen LogP) is 1.89. The Labute approximate surface area is 101 Å². The maximum atomic E-state index is 12.5. The summed E-state index contributed by atoms with van der Waals surface area (Å²) >= 11 is 0. The van der Waals surface area contributed by atoms with Crippen LogP contribution in [0, 0.1) is 0 Å². The molecule has 0 bridgehead atoms. The molecule has 0 fully saturated rings. The fourth-order valence-electron chi connectivity index (χ4n) is 1.40. The number of carbonyl (C=O) groups excluding carboxylic acids is 1. The van der Waals surface area contributed by atoms with E-state index in [1.807, 2.05) is 0 Å². The van der Waals surface area contributed by atoms with Crippen molar-refractivity contribution >= 4 is 5.97 Å². The summed E-state index contributed by atoms with van der Waals surface area (Å²) in [6.45, 7) is 0. The van der Waals surface area contributed by atoms with E-state index < -0.39 is 23.8 Å². The van der Waals surface area contributed by atoms with Crippen LogP contribution >= 0.6 is 0 Å². The molecule has 7 heteroatoms. The van der Waals surface area contributed by atoms with E-state index in [4.69, 9.17) is 10.5 Å². The zero-order chi connectivity index (χ0) is 13.9. The van der Waals surface area contributed by atoms with Crippen LogP contribution in [0.4, 0.5) is 13.2 Å². The lowest BCUT2D eigenvalue weighted by Crippen LogP contribution is -2.23. The van der Waals surface area contributed by atoms with E-state index >= 15 is 0 Å². The number of hydrogen-bond acceptors (Lipinski definition) is 4. The van der Waals surface area contributed by atoms with Crippen molar-refractivity contribution < 1.29 is 27.4 Å². The first kappa shape index (κ1) is 14.3. The second-order valence-corrected chi connectivity index (χ2v) is 3.46. The van der Waals surface area contributed by atoms with Crippen molar-refractivity contribution in [2.75, 3.05) is 14.2 Å². The lowest BCUT2D eigenvalue weighted by Gasteiger charge is -2.16. The summed E-state index contributed by atoms with van der Waals surface area (Å²) in [5.41, 5.74) is 4.81. The lowest BCUT2D eigenvalue weighted by molar-refractivity contribution is -0.142. The summed E-state index contributed by atoms with van der Waals surface area (Å²) in [4.78, 5) is 11.2. The van der Waals surface area contributed by atoms with Gasteiger partial charge in [0.2, 0.25) is 0 Å². The third kappa shape index (κ3) is 2.92. The fourth-order valence-corrected chi connectivity index (χ4v) is 1.40. The molecule has 2 N–H and O–H groups in total. The normalized spacial score (nSPS) is 13.0. The molecular weight excluding hydrogens is 251 g/mol. The summed E-state index contributed by atoms with van der Waals surface area (Å²) in [7, 11) is 2.34. The Hall–Kier alpha value is -1.76. The molecule has 0 radical (unpaired) electrons. The molecule has 0 unspecified atom stereocenters. The van der Waals surface area contributed by atoms with Crippen molar-refractivity contribution in [3.05, 3.63) is 29.3 Å². The molecule has 0 saturated heterocycles. The molecule has 0 aliphatic heterocycles. The van der Waals surface area contributed by atoms with Crippen LogP contribution < -0.4 is 10.5 Å². The Kier molecular flexibility index (Phi) is 4.18. The van der Waals surface area contributed by atoms with Gasteiger partial charge in [0.05, 0.1) is 19.8 Å². The maximum absolute atomic E-state index is 12.5. The summed E-state index contributed by atoms with van der Waals surface area (Å²) < 4.78 is 46.7. The van der Waals surface area contributed by atoms with Gasteiger partial charge in [-0.1, -0.05) is 6.07 Å². The van der Waals surface area contributed by atoms with Gasteiger partial charge in [-0.05, 0) is 12.1 Å². The average Bonchev–Trinajstić information content (AvgIpc) is 2.35. The number of benzene rings is 1. The van der Waals surface area contributed by atoms with E-state index in [-0.39, 0.29) is 11.3 Å². The topological polar surface area (TPSA) is 61.5 Å². The Morgan fingerprint density at radius 1 is 1.33 bits per heavy atom. The standard InChI is InChI=1S/C11H12F3NO3/c1-17-8-5-6(11(12,13)14)3-4-7(8)9(15)10(16)18-2/h3-5,9H,15H2,1-2H3/t9-/m0/s1. The molecule has 1 aromatic rings. The van der Waals surface area contributed by atoms with Crippen molar-refractivity contribution in [3.8, 4) is 5.75 Å². The van der Waals surface area contributed by atoms with Gasteiger partial charge in [-0.2, -0.15) is 13.2 Å². The fraction of sp³-hybridized carbons (Fsp3) is 0.364. The van der Waals surface area contributed by atoms with Gasteiger partial charge in [-0.3, -0.25) is 4.79 Å². The number of rotatable bonds is 3. The Bertz CT molecular complexity index is 446. The van der Waals surface area contributed by atoms with Crippen LogP contribution in [0.15, 0.2) is 18.2 Å². The Morgan fingerprint density at radius 3 is 2.39 bits per heavy atom. The molecule has 100 valence electrons. The molecule has 18 heavy (non-hydrogen) atoms. The summed E-state index contributed by atoms with van der Waals surface area (Å²) in [6.07, 6.45) is -4.48. The van der Waals surface area contributed by atoms with Crippen LogP contribution in [0.2, 0.25) is 0 Å². The Balaban J connectivity index is 3.19. The summed E-state index contributed by atoms with van der Waals surface area (Å²) in [5.74, 6) is -0.865. The van der Waals surface area contributed by atoms with Gasteiger partial charge >= 0.3 is 12.1 Å². The number of esters is 1. The maximum Gasteiger partial charge on any atom is 0.416 e. The minimum atomic E-state index is -4.48. The number of nitrogens with two attached hydrogens (primary N) is 1. The first-order valence-electron chi connectivity index (χ1n) is 4.89. The largest absolute Gasteiger partial charge is 0.496 e. The van der Waals surface area contributed by atoms with Gasteiger partial charge in [-0.25, -0.2) is 0 Å². The monoisotopic (exact) mass is 263 g/mol. The number of carbonyl (C=O) groups is 1. The average molecular weight is 263 g/mol. The van der Waals surface area contributed by atoms with Crippen molar-refractivity contribution in [1.82, 2.24) is 0 Å². The van der Waals surface area contributed by atoms with Crippen molar-refractivity contribution in [2.45, 2.75) is 12.2 Å². The second-order valence-electron chi connectivity index (χ2n) is 3.46. The molecule has 0 saturated carbocycles. The van der Waals surface area contributed by atoms with E-state index in [1.54, 1.807) is 0 Å². The number of methoxy groups -OCH3 is 2. The highest BCUT2D eigenvalue weighted by atomic mass is 19.4. The van der Waals surface area contributed by atoms with E-state index in [9.17, 15) is 18.0 Å². The molecular formula is C11H12F3NO3. The van der Waals surface area contributed by atoms with Gasteiger partial charge in [0.1, 0.15) is 11.8 Å². The second kappa shape index (κ2) is 5.26. The first-order chi connectivity index (χ1) is 8.31. The molecule has 0 aromatic heterocycles. The molecule has 4 nitrogen and oxygen atoms in total. The highest BCUT2D eigenvalue weighted by molar-refractivity contribution is 5.78. The Morgan fingerprint density at radius 2 is 1.94 bits per heavy atom. The SMILES string of the molecule is COC(=O)[C@@H](N)c1ccc(C(F)(F)F)cc1OC. The van der Waals surface area contributed by atoms with Crippen LogP contribution in [-0.4, -0.2) is 20.2 Å². The molecule has 0 amide bonds. The number of ether oxygens (including phenoxy) is 2. The minimum absolute atomic E-state index is 0.109. The third-order valence-electron chi connectivity index (χ3n) is 2.35. The summed E-state index contributed by atoms with van der Waals surface area (Å²) in [5, 5.41) is 0. The zero-order valence-corrected chi connectivity index (χ0v) is 9.75. The van der Waals surface area contributed by atoms with E-state index in [0.29, 0.717) is 0 Å². The molecule has 0 spiro atoms. The van der Waals surface area contributed by atoms with Gasteiger partial charge in [0, 0.05) is 5.56 Å². The van der Waals surface area contributed by atoms with Crippen LogP contribution in [0.1, 0.15) is 17.2 Å². The first-order valence-corrected chi connectivity index (χ1v) is 4.89. The quantitative estimate of drug-likeness (QED) is 0.846. The molecule has 0 heterocycles. The van der Waals surface area contributed by atoms with Crippen molar-refractivity contribution in [2.24, 2.45) is 5.73 Å². The smallest absolute Gasteiger partial charge is 0.416 e. The van der Waals surface area contributed by atoms with Crippen molar-refractivity contribution in [1.29, 1.82) is 0 Å². The van der Waals surface area contributed by atoms with Crippen LogP contribution in [0.5, 0.6) is 5.75 Å². The van der Waals surface area contributed by atoms with Gasteiger partial charge < -0.3 is 15.2 Å². The minimum Gasteiger partial charge on any atom is -0.496 e. The van der Waals surface area contributed by atoms with E-state index in [1.165, 1.54) is 7.11 Å². The van der Waals surface area contributed by atoms with E-state index in [2.05, 4.69) is 4.74 Å². The molecule has 1 aromatic carbocycles. The molecule has 0 aliphatic rings. The molecule has 1 atom stereocenters. The number of alkyl halides is 3. The van der Waals surface area contributed by atoms with Crippen LogP contribution in [0.25, 0.3) is 0 Å². The number of halogens is 3. The van der Waals surface area contributed by atoms with Crippen LogP contribution in [-0.2, 0) is 15.7 Å². The number of hydrogen-bond donors (Lipinski definition) is 1. The van der Waals surface area contributed by atoms with E-state index in [0.717, 1.165) is 25.3 Å². The predicted molar refractivity (Wildman–Crippen MR) is 56.9 cm³/mol. The molecule has 1 rings (SSSR count). The third-order valence-corrected chi connectivity index (χ3v) is 2.35. The van der Waals surface area contributed by atoms with Crippen LogP contribution in [0.3, 0.4) is 0 Å².